The third kappa shape index (κ3) is 5.67. The number of ether oxygens (including phenoxy) is 3. The molecule has 202 valence electrons. The van der Waals surface area contributed by atoms with Crippen molar-refractivity contribution in [2.45, 2.75) is 13.0 Å². The van der Waals surface area contributed by atoms with Crippen LogP contribution in [0, 0.1) is 6.92 Å². The molecule has 1 unspecified atom stereocenters. The van der Waals surface area contributed by atoms with E-state index in [1.54, 1.807) is 30.2 Å². The maximum Gasteiger partial charge on any atom is 0.295 e. The number of benzene rings is 3. The highest BCUT2D eigenvalue weighted by Crippen LogP contribution is 2.41. The minimum absolute atomic E-state index is 0.0587. The number of hydrogen-bond acceptors (Lipinski definition) is 7. The summed E-state index contributed by atoms with van der Waals surface area (Å²) in [5.74, 6) is 0.353. The summed E-state index contributed by atoms with van der Waals surface area (Å²) in [7, 11) is 1.58. The van der Waals surface area contributed by atoms with E-state index in [0.717, 1.165) is 18.7 Å². The number of hydrogen-bond donors (Lipinski definition) is 1. The Morgan fingerprint density at radius 2 is 1.69 bits per heavy atom. The zero-order valence-electron chi connectivity index (χ0n) is 22.1. The van der Waals surface area contributed by atoms with Crippen molar-refractivity contribution in [1.29, 1.82) is 0 Å². The van der Waals surface area contributed by atoms with Crippen molar-refractivity contribution in [3.8, 4) is 17.2 Å². The molecular weight excluding hydrogens is 496 g/mol. The van der Waals surface area contributed by atoms with Gasteiger partial charge in [-0.15, -0.1) is 0 Å². The number of Topliss-reactive ketones (excluding diaryl/α,β-unsaturated/α-hetero) is 1. The Morgan fingerprint density at radius 1 is 0.949 bits per heavy atom. The van der Waals surface area contributed by atoms with Gasteiger partial charge in [-0.2, -0.15) is 0 Å². The van der Waals surface area contributed by atoms with Crippen LogP contribution in [0.15, 0.2) is 78.4 Å². The van der Waals surface area contributed by atoms with Gasteiger partial charge in [0.2, 0.25) is 0 Å². The summed E-state index contributed by atoms with van der Waals surface area (Å²) in [6.07, 6.45) is 0. The zero-order chi connectivity index (χ0) is 27.4. The highest BCUT2D eigenvalue weighted by molar-refractivity contribution is 6.46. The van der Waals surface area contributed by atoms with Gasteiger partial charge in [0.15, 0.2) is 0 Å². The lowest BCUT2D eigenvalue weighted by atomic mass is 9.94. The predicted octanol–water partition coefficient (Wildman–Crippen LogP) is 4.55. The van der Waals surface area contributed by atoms with E-state index in [1.807, 2.05) is 61.5 Å². The van der Waals surface area contributed by atoms with Crippen molar-refractivity contribution in [2.24, 2.45) is 0 Å². The molecular formula is C31H32N2O6. The van der Waals surface area contributed by atoms with Crippen LogP contribution in [0.5, 0.6) is 17.2 Å². The molecule has 0 spiro atoms. The number of para-hydroxylation sites is 1. The Kier molecular flexibility index (Phi) is 7.95. The van der Waals surface area contributed by atoms with Crippen LogP contribution in [0.1, 0.15) is 22.7 Å². The first-order valence-electron chi connectivity index (χ1n) is 13.0. The van der Waals surface area contributed by atoms with E-state index in [-0.39, 0.29) is 11.3 Å². The molecule has 1 N–H and O–H groups in total. The third-order valence-corrected chi connectivity index (χ3v) is 7.12. The number of morpholine rings is 1. The monoisotopic (exact) mass is 528 g/mol. The van der Waals surface area contributed by atoms with Crippen LogP contribution in [-0.2, 0) is 14.3 Å². The van der Waals surface area contributed by atoms with Crippen molar-refractivity contribution >= 4 is 17.4 Å². The molecule has 0 bridgehead atoms. The molecule has 2 aliphatic rings. The first-order chi connectivity index (χ1) is 19.0. The quantitative estimate of drug-likeness (QED) is 0.261. The molecule has 8 nitrogen and oxygen atoms in total. The van der Waals surface area contributed by atoms with E-state index >= 15 is 0 Å². The summed E-state index contributed by atoms with van der Waals surface area (Å²) < 4.78 is 16.8. The number of rotatable bonds is 8. The normalized spacial score (nSPS) is 19.3. The fourth-order valence-electron chi connectivity index (χ4n) is 5.09. The van der Waals surface area contributed by atoms with Crippen LogP contribution in [0.2, 0.25) is 0 Å². The molecule has 2 fully saturated rings. The topological polar surface area (TPSA) is 88.5 Å². The molecule has 1 atom stereocenters. The number of aryl methyl sites for hydroxylation is 1. The highest BCUT2D eigenvalue weighted by Gasteiger charge is 2.46. The van der Waals surface area contributed by atoms with Crippen molar-refractivity contribution in [3.63, 3.8) is 0 Å². The molecule has 8 heteroatoms. The van der Waals surface area contributed by atoms with Crippen molar-refractivity contribution < 1.29 is 28.9 Å². The van der Waals surface area contributed by atoms with Gasteiger partial charge in [0, 0.05) is 31.7 Å². The summed E-state index contributed by atoms with van der Waals surface area (Å²) in [5, 5.41) is 11.4. The smallest absolute Gasteiger partial charge is 0.295 e. The number of carbonyl (C=O) groups excluding carboxylic acids is 2. The Hall–Kier alpha value is -4.14. The molecule has 3 aromatic carbocycles. The molecule has 2 heterocycles. The van der Waals surface area contributed by atoms with Crippen LogP contribution in [0.25, 0.3) is 5.76 Å². The van der Waals surface area contributed by atoms with Crippen LogP contribution >= 0.6 is 0 Å². The van der Waals surface area contributed by atoms with Gasteiger partial charge in [-0.05, 0) is 60.5 Å². The Balaban J connectivity index is 1.55. The second-order valence-corrected chi connectivity index (χ2v) is 9.62. The number of aliphatic hydroxyl groups excluding tert-OH is 1. The summed E-state index contributed by atoms with van der Waals surface area (Å²) in [4.78, 5) is 30.6. The summed E-state index contributed by atoms with van der Waals surface area (Å²) >= 11 is 0. The molecule has 0 aromatic heterocycles. The van der Waals surface area contributed by atoms with Gasteiger partial charge in [-0.25, -0.2) is 0 Å². The van der Waals surface area contributed by atoms with Crippen molar-refractivity contribution in [3.05, 3.63) is 95.1 Å². The fraction of sp³-hybridized carbons (Fsp3) is 0.290. The van der Waals surface area contributed by atoms with Gasteiger partial charge < -0.3 is 24.2 Å². The number of nitrogens with zero attached hydrogens (tertiary/aromatic N) is 2. The van der Waals surface area contributed by atoms with E-state index in [2.05, 4.69) is 4.90 Å². The lowest BCUT2D eigenvalue weighted by Gasteiger charge is -2.31. The number of amides is 1. The Morgan fingerprint density at radius 3 is 2.41 bits per heavy atom. The molecule has 5 rings (SSSR count). The predicted molar refractivity (Wildman–Crippen MR) is 147 cm³/mol. The van der Waals surface area contributed by atoms with Gasteiger partial charge >= 0.3 is 0 Å². The van der Waals surface area contributed by atoms with E-state index in [4.69, 9.17) is 14.2 Å². The van der Waals surface area contributed by atoms with Gasteiger partial charge in [-0.3, -0.25) is 14.5 Å². The van der Waals surface area contributed by atoms with Crippen LogP contribution in [0.3, 0.4) is 0 Å². The SMILES string of the molecule is COc1ccc(/C(O)=C2\C(=O)C(=O)N(CCN3CCOCC3)C2c2cccc(Oc3ccccc3)c2)cc1C. The zero-order valence-corrected chi connectivity index (χ0v) is 22.1. The Bertz CT molecular complexity index is 1380. The van der Waals surface area contributed by atoms with Crippen molar-refractivity contribution in [2.75, 3.05) is 46.5 Å². The average molecular weight is 529 g/mol. The summed E-state index contributed by atoms with van der Waals surface area (Å²) in [6.45, 7) is 5.58. The van der Waals surface area contributed by atoms with Gasteiger partial charge in [0.25, 0.3) is 11.7 Å². The number of aliphatic hydroxyl groups is 1. The van der Waals surface area contributed by atoms with Gasteiger partial charge in [-0.1, -0.05) is 30.3 Å². The van der Waals surface area contributed by atoms with E-state index < -0.39 is 17.7 Å². The van der Waals surface area contributed by atoms with E-state index in [9.17, 15) is 14.7 Å². The molecule has 0 radical (unpaired) electrons. The largest absolute Gasteiger partial charge is 0.507 e. The molecule has 2 saturated heterocycles. The number of ketones is 1. The molecule has 3 aromatic rings. The highest BCUT2D eigenvalue weighted by atomic mass is 16.5. The fourth-order valence-corrected chi connectivity index (χ4v) is 5.09. The first kappa shape index (κ1) is 26.5. The molecule has 0 aliphatic carbocycles. The Labute approximate surface area is 228 Å². The van der Waals surface area contributed by atoms with Crippen LogP contribution < -0.4 is 9.47 Å². The second kappa shape index (κ2) is 11.7. The van der Waals surface area contributed by atoms with Gasteiger partial charge in [0.05, 0.1) is 31.9 Å². The molecule has 2 aliphatic heterocycles. The lowest BCUT2D eigenvalue weighted by molar-refractivity contribution is -0.140. The van der Waals surface area contributed by atoms with Crippen LogP contribution in [-0.4, -0.2) is 73.1 Å². The molecule has 1 amide bonds. The second-order valence-electron chi connectivity index (χ2n) is 9.62. The number of carbonyl (C=O) groups is 2. The van der Waals surface area contributed by atoms with Crippen LogP contribution in [0.4, 0.5) is 0 Å². The first-order valence-corrected chi connectivity index (χ1v) is 13.0. The third-order valence-electron chi connectivity index (χ3n) is 7.12. The lowest BCUT2D eigenvalue weighted by Crippen LogP contribution is -2.42. The number of likely N-dealkylation sites (tertiary alicyclic amines) is 1. The minimum atomic E-state index is -0.771. The maximum absolute atomic E-state index is 13.5. The number of methoxy groups -OCH3 is 1. The maximum atomic E-state index is 13.5. The average Bonchev–Trinajstić information content (AvgIpc) is 3.22. The standard InChI is InChI=1S/C31H32N2O6/c1-21-19-23(11-12-26(21)37-2)29(34)27-28(22-7-6-10-25(20-22)39-24-8-4-3-5-9-24)33(31(36)30(27)35)14-13-32-15-17-38-18-16-32/h3-12,19-20,28,34H,13-18H2,1-2H3/b29-27+. The molecule has 0 saturated carbocycles. The summed E-state index contributed by atoms with van der Waals surface area (Å²) in [5.41, 5.74) is 1.99. The van der Waals surface area contributed by atoms with Gasteiger partial charge in [0.1, 0.15) is 23.0 Å². The molecule has 39 heavy (non-hydrogen) atoms. The summed E-state index contributed by atoms with van der Waals surface area (Å²) in [6, 6.07) is 21.1. The minimum Gasteiger partial charge on any atom is -0.507 e. The van der Waals surface area contributed by atoms with Crippen molar-refractivity contribution in [1.82, 2.24) is 9.80 Å². The van der Waals surface area contributed by atoms with E-state index in [1.165, 1.54) is 0 Å². The van der Waals surface area contributed by atoms with E-state index in [0.29, 0.717) is 54.7 Å².